The van der Waals surface area contributed by atoms with Crippen LogP contribution >= 0.6 is 0 Å². The molecule has 126 valence electrons. The molecule has 0 radical (unpaired) electrons. The second-order valence-corrected chi connectivity index (χ2v) is 6.19. The lowest BCUT2D eigenvalue weighted by molar-refractivity contribution is -0.125. The molecule has 0 unspecified atom stereocenters. The molecule has 0 spiro atoms. The molecule has 1 fully saturated rings. The third kappa shape index (κ3) is 3.77. The minimum absolute atomic E-state index is 0.0499. The fourth-order valence-corrected chi connectivity index (χ4v) is 2.92. The van der Waals surface area contributed by atoms with Crippen molar-refractivity contribution in [1.82, 2.24) is 5.32 Å². The van der Waals surface area contributed by atoms with Crippen LogP contribution in [0.3, 0.4) is 0 Å². The van der Waals surface area contributed by atoms with Crippen LogP contribution in [-0.2, 0) is 9.53 Å². The molecule has 1 aliphatic rings. The summed E-state index contributed by atoms with van der Waals surface area (Å²) in [4.78, 5) is 12.6. The molecule has 0 aliphatic carbocycles. The highest BCUT2D eigenvalue weighted by atomic mass is 16.5. The van der Waals surface area contributed by atoms with Gasteiger partial charge in [0.05, 0.1) is 25.7 Å². The van der Waals surface area contributed by atoms with E-state index in [1.54, 1.807) is 7.11 Å². The number of methoxy groups -OCH3 is 1. The Labute approximate surface area is 142 Å². The summed E-state index contributed by atoms with van der Waals surface area (Å²) in [7, 11) is 1.65. The maximum atomic E-state index is 12.6. The predicted molar refractivity (Wildman–Crippen MR) is 93.1 cm³/mol. The van der Waals surface area contributed by atoms with Gasteiger partial charge in [-0.25, -0.2) is 0 Å². The van der Waals surface area contributed by atoms with Crippen molar-refractivity contribution in [1.29, 1.82) is 0 Å². The molecule has 24 heavy (non-hydrogen) atoms. The van der Waals surface area contributed by atoms with Gasteiger partial charge in [-0.05, 0) is 36.6 Å². The topological polar surface area (TPSA) is 47.6 Å². The van der Waals surface area contributed by atoms with E-state index in [0.29, 0.717) is 13.2 Å². The molecule has 0 saturated carbocycles. The maximum absolute atomic E-state index is 12.6. The molecule has 2 aromatic carbocycles. The van der Waals surface area contributed by atoms with Crippen LogP contribution in [0, 0.1) is 12.8 Å². The SMILES string of the molecule is COc1ccc([C@H](NC(=O)[C@H]2CCOC2)c2ccc(C)cc2)cc1. The lowest BCUT2D eigenvalue weighted by Crippen LogP contribution is -2.34. The summed E-state index contributed by atoms with van der Waals surface area (Å²) in [6.07, 6.45) is 0.787. The minimum Gasteiger partial charge on any atom is -0.497 e. The zero-order chi connectivity index (χ0) is 16.9. The zero-order valence-electron chi connectivity index (χ0n) is 14.1. The van der Waals surface area contributed by atoms with E-state index in [1.807, 2.05) is 24.3 Å². The number of amides is 1. The minimum atomic E-state index is -0.176. The average Bonchev–Trinajstić information content (AvgIpc) is 3.15. The Hall–Kier alpha value is -2.33. The van der Waals surface area contributed by atoms with Crippen molar-refractivity contribution in [2.45, 2.75) is 19.4 Å². The molecular formula is C20H23NO3. The number of nitrogens with one attached hydrogen (secondary N) is 1. The van der Waals surface area contributed by atoms with E-state index in [1.165, 1.54) is 5.56 Å². The highest BCUT2D eigenvalue weighted by molar-refractivity contribution is 5.80. The van der Waals surface area contributed by atoms with Gasteiger partial charge < -0.3 is 14.8 Å². The molecule has 4 nitrogen and oxygen atoms in total. The predicted octanol–water partition coefficient (Wildman–Crippen LogP) is 3.25. The quantitative estimate of drug-likeness (QED) is 0.918. The fraction of sp³-hybridized carbons (Fsp3) is 0.350. The van der Waals surface area contributed by atoms with Crippen molar-refractivity contribution in [3.8, 4) is 5.75 Å². The molecule has 4 heteroatoms. The number of hydrogen-bond donors (Lipinski definition) is 1. The molecule has 3 rings (SSSR count). The second kappa shape index (κ2) is 7.49. The monoisotopic (exact) mass is 325 g/mol. The molecule has 1 heterocycles. The number of hydrogen-bond acceptors (Lipinski definition) is 3. The fourth-order valence-electron chi connectivity index (χ4n) is 2.92. The van der Waals surface area contributed by atoms with Gasteiger partial charge in [-0.3, -0.25) is 4.79 Å². The Morgan fingerprint density at radius 2 is 1.75 bits per heavy atom. The lowest BCUT2D eigenvalue weighted by atomic mass is 9.96. The van der Waals surface area contributed by atoms with Crippen molar-refractivity contribution in [2.24, 2.45) is 5.92 Å². The third-order valence-electron chi connectivity index (χ3n) is 4.45. The smallest absolute Gasteiger partial charge is 0.226 e. The first-order chi connectivity index (χ1) is 11.7. The van der Waals surface area contributed by atoms with E-state index in [-0.39, 0.29) is 17.9 Å². The molecule has 1 amide bonds. The first-order valence-corrected chi connectivity index (χ1v) is 8.26. The van der Waals surface area contributed by atoms with E-state index < -0.39 is 0 Å². The van der Waals surface area contributed by atoms with Crippen LogP contribution in [0.4, 0.5) is 0 Å². The van der Waals surface area contributed by atoms with Crippen molar-refractivity contribution in [3.05, 3.63) is 65.2 Å². The van der Waals surface area contributed by atoms with Gasteiger partial charge in [-0.2, -0.15) is 0 Å². The normalized spacial score (nSPS) is 18.2. The van der Waals surface area contributed by atoms with Crippen LogP contribution in [0.25, 0.3) is 0 Å². The Morgan fingerprint density at radius 3 is 2.29 bits per heavy atom. The summed E-state index contributed by atoms with van der Waals surface area (Å²) in [5.74, 6) is 0.794. The summed E-state index contributed by atoms with van der Waals surface area (Å²) in [5.41, 5.74) is 3.30. The van der Waals surface area contributed by atoms with Crippen LogP contribution in [0.5, 0.6) is 5.75 Å². The summed E-state index contributed by atoms with van der Waals surface area (Å²) >= 11 is 0. The molecule has 2 atom stereocenters. The van der Waals surface area contributed by atoms with Crippen LogP contribution in [-0.4, -0.2) is 26.2 Å². The number of carbonyl (C=O) groups is 1. The Morgan fingerprint density at radius 1 is 1.12 bits per heavy atom. The van der Waals surface area contributed by atoms with E-state index >= 15 is 0 Å². The standard InChI is InChI=1S/C20H23NO3/c1-14-3-5-15(6-4-14)19(16-7-9-18(23-2)10-8-16)21-20(22)17-11-12-24-13-17/h3-10,17,19H,11-13H2,1-2H3,(H,21,22)/t17-,19+/m0/s1. The van der Waals surface area contributed by atoms with Crippen LogP contribution < -0.4 is 10.1 Å². The number of benzene rings is 2. The zero-order valence-corrected chi connectivity index (χ0v) is 14.1. The Kier molecular flexibility index (Phi) is 5.16. The molecule has 1 aliphatic heterocycles. The number of rotatable bonds is 5. The second-order valence-electron chi connectivity index (χ2n) is 6.19. The molecule has 2 aromatic rings. The van der Waals surface area contributed by atoms with Crippen LogP contribution in [0.15, 0.2) is 48.5 Å². The molecule has 0 bridgehead atoms. The van der Waals surface area contributed by atoms with E-state index in [4.69, 9.17) is 9.47 Å². The summed E-state index contributed by atoms with van der Waals surface area (Å²) < 4.78 is 10.6. The largest absolute Gasteiger partial charge is 0.497 e. The van der Waals surface area contributed by atoms with Gasteiger partial charge in [-0.15, -0.1) is 0 Å². The van der Waals surface area contributed by atoms with E-state index in [0.717, 1.165) is 23.3 Å². The summed E-state index contributed by atoms with van der Waals surface area (Å²) in [6, 6.07) is 15.9. The van der Waals surface area contributed by atoms with Gasteiger partial charge in [0.15, 0.2) is 0 Å². The van der Waals surface area contributed by atoms with E-state index in [2.05, 4.69) is 36.5 Å². The highest BCUT2D eigenvalue weighted by Gasteiger charge is 2.26. The van der Waals surface area contributed by atoms with Gasteiger partial charge in [0.1, 0.15) is 5.75 Å². The molecule has 1 saturated heterocycles. The molecular weight excluding hydrogens is 302 g/mol. The van der Waals surface area contributed by atoms with Gasteiger partial charge >= 0.3 is 0 Å². The lowest BCUT2D eigenvalue weighted by Gasteiger charge is -2.22. The van der Waals surface area contributed by atoms with Crippen LogP contribution in [0.1, 0.15) is 29.2 Å². The number of carbonyl (C=O) groups excluding carboxylic acids is 1. The van der Waals surface area contributed by atoms with Crippen molar-refractivity contribution in [2.75, 3.05) is 20.3 Å². The van der Waals surface area contributed by atoms with Gasteiger partial charge in [0.25, 0.3) is 0 Å². The Balaban J connectivity index is 1.87. The molecule has 1 N–H and O–H groups in total. The molecule has 0 aromatic heterocycles. The van der Waals surface area contributed by atoms with Crippen LogP contribution in [0.2, 0.25) is 0 Å². The van der Waals surface area contributed by atoms with Gasteiger partial charge in [-0.1, -0.05) is 42.0 Å². The number of aryl methyl sites for hydroxylation is 1. The third-order valence-corrected chi connectivity index (χ3v) is 4.45. The Bertz CT molecular complexity index is 673. The summed E-state index contributed by atoms with van der Waals surface area (Å²) in [5, 5.41) is 3.19. The van der Waals surface area contributed by atoms with Crippen molar-refractivity contribution >= 4 is 5.91 Å². The van der Waals surface area contributed by atoms with Crippen molar-refractivity contribution < 1.29 is 14.3 Å². The maximum Gasteiger partial charge on any atom is 0.226 e. The van der Waals surface area contributed by atoms with Gasteiger partial charge in [0.2, 0.25) is 5.91 Å². The average molecular weight is 325 g/mol. The summed E-state index contributed by atoms with van der Waals surface area (Å²) in [6.45, 7) is 3.23. The van der Waals surface area contributed by atoms with E-state index in [9.17, 15) is 4.79 Å². The number of ether oxygens (including phenoxy) is 2. The first kappa shape index (κ1) is 16.5. The first-order valence-electron chi connectivity index (χ1n) is 8.26. The van der Waals surface area contributed by atoms with Gasteiger partial charge in [0, 0.05) is 6.61 Å². The highest BCUT2D eigenvalue weighted by Crippen LogP contribution is 2.26. The van der Waals surface area contributed by atoms with Crippen molar-refractivity contribution in [3.63, 3.8) is 0 Å².